The molecule has 0 unspecified atom stereocenters. The number of amides is 2. The number of nitrogens with one attached hydrogen (secondary N) is 2. The molecule has 0 saturated heterocycles. The van der Waals surface area contributed by atoms with Gasteiger partial charge >= 0.3 is 5.97 Å². The van der Waals surface area contributed by atoms with E-state index >= 15 is 0 Å². The number of hydrogen-bond donors (Lipinski definition) is 2. The van der Waals surface area contributed by atoms with Crippen LogP contribution in [0.2, 0.25) is 0 Å². The molecule has 120 valence electrons. The van der Waals surface area contributed by atoms with E-state index in [1.807, 2.05) is 0 Å². The number of carbonyl (C=O) groups excluding carboxylic acids is 3. The standard InChI is InChI=1S/C16H22N2O4/c1-12(2)8-9-17-14(19)11-22-15(20)10-18-16(21)13-6-4-3-5-7-13/h3-7,12H,8-11H2,1-2H3,(H,17,19)(H,18,21). The lowest BCUT2D eigenvalue weighted by atomic mass is 10.1. The second-order valence-corrected chi connectivity index (χ2v) is 5.24. The molecule has 0 aliphatic rings. The number of carbonyl (C=O) groups is 3. The number of hydrogen-bond acceptors (Lipinski definition) is 4. The van der Waals surface area contributed by atoms with Crippen molar-refractivity contribution < 1.29 is 19.1 Å². The number of rotatable bonds is 8. The fraction of sp³-hybridized carbons (Fsp3) is 0.438. The number of ether oxygens (including phenoxy) is 1. The predicted molar refractivity (Wildman–Crippen MR) is 82.2 cm³/mol. The fourth-order valence-electron chi connectivity index (χ4n) is 1.59. The van der Waals surface area contributed by atoms with E-state index in [1.165, 1.54) is 0 Å². The average Bonchev–Trinajstić information content (AvgIpc) is 2.51. The van der Waals surface area contributed by atoms with Crippen LogP contribution in [0.15, 0.2) is 30.3 Å². The molecular formula is C16H22N2O4. The summed E-state index contributed by atoms with van der Waals surface area (Å²) in [6.45, 7) is 4.06. The average molecular weight is 306 g/mol. The summed E-state index contributed by atoms with van der Waals surface area (Å²) < 4.78 is 4.78. The van der Waals surface area contributed by atoms with Crippen molar-refractivity contribution >= 4 is 17.8 Å². The van der Waals surface area contributed by atoms with Gasteiger partial charge in [-0.1, -0.05) is 32.0 Å². The van der Waals surface area contributed by atoms with Gasteiger partial charge in [-0.2, -0.15) is 0 Å². The highest BCUT2D eigenvalue weighted by atomic mass is 16.5. The van der Waals surface area contributed by atoms with Gasteiger partial charge in [0, 0.05) is 12.1 Å². The zero-order chi connectivity index (χ0) is 16.4. The Balaban J connectivity index is 2.18. The van der Waals surface area contributed by atoms with Gasteiger partial charge in [0.15, 0.2) is 6.61 Å². The van der Waals surface area contributed by atoms with E-state index in [4.69, 9.17) is 4.74 Å². The lowest BCUT2D eigenvalue weighted by Crippen LogP contribution is -2.34. The van der Waals surface area contributed by atoms with Crippen LogP contribution in [0.5, 0.6) is 0 Å². The van der Waals surface area contributed by atoms with Crippen LogP contribution in [-0.2, 0) is 14.3 Å². The topological polar surface area (TPSA) is 84.5 Å². The van der Waals surface area contributed by atoms with Gasteiger partial charge in [0.2, 0.25) is 0 Å². The van der Waals surface area contributed by atoms with Crippen LogP contribution in [0, 0.1) is 5.92 Å². The highest BCUT2D eigenvalue weighted by Gasteiger charge is 2.10. The van der Waals surface area contributed by atoms with E-state index in [9.17, 15) is 14.4 Å². The number of esters is 1. The van der Waals surface area contributed by atoms with Crippen LogP contribution in [0.3, 0.4) is 0 Å². The molecule has 2 N–H and O–H groups in total. The van der Waals surface area contributed by atoms with E-state index in [0.717, 1.165) is 6.42 Å². The molecule has 0 fully saturated rings. The molecule has 1 rings (SSSR count). The first-order valence-electron chi connectivity index (χ1n) is 7.24. The first kappa shape index (κ1) is 17.7. The molecule has 0 atom stereocenters. The summed E-state index contributed by atoms with van der Waals surface area (Å²) in [6.07, 6.45) is 0.868. The molecule has 6 nitrogen and oxygen atoms in total. The molecule has 0 saturated carbocycles. The van der Waals surface area contributed by atoms with E-state index < -0.39 is 5.97 Å². The molecule has 0 bridgehead atoms. The third-order valence-corrected chi connectivity index (χ3v) is 2.84. The lowest BCUT2D eigenvalue weighted by Gasteiger charge is -2.08. The van der Waals surface area contributed by atoms with Crippen molar-refractivity contribution in [2.45, 2.75) is 20.3 Å². The van der Waals surface area contributed by atoms with Crippen molar-refractivity contribution in [1.82, 2.24) is 10.6 Å². The van der Waals surface area contributed by atoms with Gasteiger partial charge in [-0.25, -0.2) is 0 Å². The Morgan fingerprint density at radius 2 is 1.77 bits per heavy atom. The number of benzene rings is 1. The van der Waals surface area contributed by atoms with Gasteiger partial charge < -0.3 is 15.4 Å². The van der Waals surface area contributed by atoms with Gasteiger partial charge in [-0.15, -0.1) is 0 Å². The maximum absolute atomic E-state index is 11.7. The third kappa shape index (κ3) is 7.42. The Morgan fingerprint density at radius 3 is 2.41 bits per heavy atom. The molecule has 2 amide bonds. The summed E-state index contributed by atoms with van der Waals surface area (Å²) in [5.41, 5.74) is 0.460. The van der Waals surface area contributed by atoms with E-state index in [2.05, 4.69) is 24.5 Å². The van der Waals surface area contributed by atoms with Gasteiger partial charge in [0.25, 0.3) is 11.8 Å². The summed E-state index contributed by atoms with van der Waals surface area (Å²) in [5.74, 6) is -0.860. The van der Waals surface area contributed by atoms with Gasteiger partial charge in [0.1, 0.15) is 6.54 Å². The molecular weight excluding hydrogens is 284 g/mol. The van der Waals surface area contributed by atoms with Gasteiger partial charge in [-0.3, -0.25) is 14.4 Å². The molecule has 1 aromatic rings. The monoisotopic (exact) mass is 306 g/mol. The van der Waals surface area contributed by atoms with Gasteiger partial charge in [0.05, 0.1) is 0 Å². The molecule has 0 aliphatic carbocycles. The first-order chi connectivity index (χ1) is 10.5. The maximum atomic E-state index is 11.7. The SMILES string of the molecule is CC(C)CCNC(=O)COC(=O)CNC(=O)c1ccccc1. The summed E-state index contributed by atoms with van der Waals surface area (Å²) >= 11 is 0. The quantitative estimate of drug-likeness (QED) is 0.705. The van der Waals surface area contributed by atoms with E-state index in [0.29, 0.717) is 18.0 Å². The van der Waals surface area contributed by atoms with Crippen LogP contribution in [0.4, 0.5) is 0 Å². The highest BCUT2D eigenvalue weighted by Crippen LogP contribution is 1.97. The third-order valence-electron chi connectivity index (χ3n) is 2.84. The van der Waals surface area contributed by atoms with Crippen molar-refractivity contribution in [3.63, 3.8) is 0 Å². The largest absolute Gasteiger partial charge is 0.454 e. The van der Waals surface area contributed by atoms with Crippen LogP contribution < -0.4 is 10.6 Å². The Morgan fingerprint density at radius 1 is 1.09 bits per heavy atom. The van der Waals surface area contributed by atoms with Crippen LogP contribution in [0.1, 0.15) is 30.6 Å². The fourth-order valence-corrected chi connectivity index (χ4v) is 1.59. The Hall–Kier alpha value is -2.37. The Labute approximate surface area is 130 Å². The van der Waals surface area contributed by atoms with Crippen LogP contribution in [0.25, 0.3) is 0 Å². The molecule has 22 heavy (non-hydrogen) atoms. The Kier molecular flexibility index (Phi) is 7.67. The van der Waals surface area contributed by atoms with Crippen molar-refractivity contribution in [1.29, 1.82) is 0 Å². The summed E-state index contributed by atoms with van der Waals surface area (Å²) in [6, 6.07) is 8.54. The molecule has 0 radical (unpaired) electrons. The van der Waals surface area contributed by atoms with Gasteiger partial charge in [-0.05, 0) is 24.5 Å². The van der Waals surface area contributed by atoms with E-state index in [1.54, 1.807) is 30.3 Å². The molecule has 0 heterocycles. The minimum Gasteiger partial charge on any atom is -0.454 e. The predicted octanol–water partition coefficient (Wildman–Crippen LogP) is 1.12. The maximum Gasteiger partial charge on any atom is 0.325 e. The first-order valence-corrected chi connectivity index (χ1v) is 7.24. The zero-order valence-electron chi connectivity index (χ0n) is 12.9. The van der Waals surface area contributed by atoms with E-state index in [-0.39, 0.29) is 25.0 Å². The second kappa shape index (κ2) is 9.55. The summed E-state index contributed by atoms with van der Waals surface area (Å²) in [5, 5.41) is 5.09. The summed E-state index contributed by atoms with van der Waals surface area (Å²) in [4.78, 5) is 34.6. The zero-order valence-corrected chi connectivity index (χ0v) is 12.9. The van der Waals surface area contributed by atoms with Crippen molar-refractivity contribution in [3.05, 3.63) is 35.9 Å². The normalized spacial score (nSPS) is 10.1. The second-order valence-electron chi connectivity index (χ2n) is 5.24. The molecule has 0 aromatic heterocycles. The van der Waals surface area contributed by atoms with Crippen molar-refractivity contribution in [2.24, 2.45) is 5.92 Å². The molecule has 6 heteroatoms. The molecule has 1 aromatic carbocycles. The van der Waals surface area contributed by atoms with Crippen molar-refractivity contribution in [3.8, 4) is 0 Å². The lowest BCUT2D eigenvalue weighted by molar-refractivity contribution is -0.147. The highest BCUT2D eigenvalue weighted by molar-refractivity contribution is 5.96. The molecule has 0 aliphatic heterocycles. The minimum absolute atomic E-state index is 0.271. The van der Waals surface area contributed by atoms with Crippen molar-refractivity contribution in [2.75, 3.05) is 19.7 Å². The van der Waals surface area contributed by atoms with Crippen LogP contribution in [-0.4, -0.2) is 37.5 Å². The Bertz CT molecular complexity index is 500. The summed E-state index contributed by atoms with van der Waals surface area (Å²) in [7, 11) is 0. The molecule has 0 spiro atoms. The smallest absolute Gasteiger partial charge is 0.325 e. The minimum atomic E-state index is -0.650. The van der Waals surface area contributed by atoms with Crippen LogP contribution >= 0.6 is 0 Å².